The zero-order valence-electron chi connectivity index (χ0n) is 12.1. The molecule has 112 valence electrons. The zero-order valence-corrected chi connectivity index (χ0v) is 12.9. The van der Waals surface area contributed by atoms with Gasteiger partial charge in [0, 0.05) is 22.9 Å². The Bertz CT molecular complexity index is 560. The molecule has 0 saturated carbocycles. The molecule has 2 rings (SSSR count). The summed E-state index contributed by atoms with van der Waals surface area (Å²) in [6, 6.07) is 10.8. The first kappa shape index (κ1) is 15.8. The lowest BCUT2D eigenvalue weighted by atomic mass is 10.1. The van der Waals surface area contributed by atoms with Crippen LogP contribution in [0.25, 0.3) is 0 Å². The van der Waals surface area contributed by atoms with Gasteiger partial charge in [-0.1, -0.05) is 13.0 Å². The molecule has 0 aliphatic rings. The van der Waals surface area contributed by atoms with Gasteiger partial charge >= 0.3 is 0 Å². The predicted molar refractivity (Wildman–Crippen MR) is 86.9 cm³/mol. The second-order valence-corrected chi connectivity index (χ2v) is 5.86. The van der Waals surface area contributed by atoms with Crippen LogP contribution in [0.1, 0.15) is 12.5 Å². The van der Waals surface area contributed by atoms with Gasteiger partial charge in [0.05, 0.1) is 0 Å². The second-order valence-electron chi connectivity index (χ2n) is 4.77. The zero-order chi connectivity index (χ0) is 15.1. The number of aromatic nitrogens is 1. The van der Waals surface area contributed by atoms with Gasteiger partial charge in [0.2, 0.25) is 0 Å². The molecule has 0 spiro atoms. The molecule has 1 heterocycles. The van der Waals surface area contributed by atoms with Crippen LogP contribution in [0, 0.1) is 5.82 Å². The molecule has 5 heteroatoms. The van der Waals surface area contributed by atoms with E-state index in [1.807, 2.05) is 12.1 Å². The Kier molecular flexibility index (Phi) is 6.02. The highest BCUT2D eigenvalue weighted by molar-refractivity contribution is 7.99. The van der Waals surface area contributed by atoms with Gasteiger partial charge in [0.15, 0.2) is 0 Å². The number of anilines is 1. The smallest absolute Gasteiger partial charge is 0.126 e. The summed E-state index contributed by atoms with van der Waals surface area (Å²) < 4.78 is 12.9. The summed E-state index contributed by atoms with van der Waals surface area (Å²) in [5.41, 5.74) is 6.96. The molecular weight excluding hydrogens is 285 g/mol. The molecule has 0 radical (unpaired) electrons. The average molecular weight is 305 g/mol. The average Bonchev–Trinajstić information content (AvgIpc) is 2.49. The number of halogens is 1. The third-order valence-electron chi connectivity index (χ3n) is 3.15. The van der Waals surface area contributed by atoms with Gasteiger partial charge in [-0.05, 0) is 48.9 Å². The predicted octanol–water partition coefficient (Wildman–Crippen LogP) is 3.12. The van der Waals surface area contributed by atoms with E-state index >= 15 is 0 Å². The van der Waals surface area contributed by atoms with Gasteiger partial charge in [0.1, 0.15) is 11.6 Å². The van der Waals surface area contributed by atoms with E-state index in [2.05, 4.69) is 17.2 Å². The van der Waals surface area contributed by atoms with Crippen molar-refractivity contribution < 1.29 is 4.39 Å². The topological polar surface area (TPSA) is 50.9 Å². The first-order valence-corrected chi connectivity index (χ1v) is 7.98. The summed E-state index contributed by atoms with van der Waals surface area (Å²) in [6.07, 6.45) is 2.54. The summed E-state index contributed by atoms with van der Waals surface area (Å²) in [5.74, 6) is 1.28. The lowest BCUT2D eigenvalue weighted by molar-refractivity contribution is 0.572. The van der Waals surface area contributed by atoms with Crippen molar-refractivity contribution in [2.75, 3.05) is 18.0 Å². The van der Waals surface area contributed by atoms with E-state index in [1.54, 1.807) is 30.1 Å². The molecule has 3 nitrogen and oxygen atoms in total. The largest absolute Gasteiger partial charge is 0.383 e. The van der Waals surface area contributed by atoms with Gasteiger partial charge in [-0.2, -0.15) is 0 Å². The van der Waals surface area contributed by atoms with Crippen LogP contribution in [0.15, 0.2) is 47.5 Å². The number of nitrogens with zero attached hydrogens (tertiary/aromatic N) is 1. The Morgan fingerprint density at radius 2 is 2.05 bits per heavy atom. The first-order chi connectivity index (χ1) is 10.2. The van der Waals surface area contributed by atoms with E-state index in [1.165, 1.54) is 12.1 Å². The molecule has 2 aromatic rings. The fourth-order valence-electron chi connectivity index (χ4n) is 2.10. The third-order valence-corrected chi connectivity index (χ3v) is 4.32. The number of rotatable bonds is 7. The Labute approximate surface area is 129 Å². The normalized spacial score (nSPS) is 12.3. The monoisotopic (exact) mass is 305 g/mol. The minimum Gasteiger partial charge on any atom is -0.383 e. The minimum absolute atomic E-state index is 0.203. The van der Waals surface area contributed by atoms with Crippen LogP contribution in [-0.2, 0) is 6.42 Å². The molecule has 1 atom stereocenters. The highest BCUT2D eigenvalue weighted by Gasteiger charge is 2.11. The summed E-state index contributed by atoms with van der Waals surface area (Å²) in [4.78, 5) is 5.19. The third kappa shape index (κ3) is 5.02. The lowest BCUT2D eigenvalue weighted by Crippen LogP contribution is -2.33. The van der Waals surface area contributed by atoms with Crippen molar-refractivity contribution in [1.29, 1.82) is 0 Å². The molecule has 0 aliphatic carbocycles. The molecule has 21 heavy (non-hydrogen) atoms. The first-order valence-electron chi connectivity index (χ1n) is 7.00. The number of hydrogen-bond acceptors (Lipinski definition) is 4. The van der Waals surface area contributed by atoms with Crippen molar-refractivity contribution in [3.8, 4) is 0 Å². The van der Waals surface area contributed by atoms with E-state index in [-0.39, 0.29) is 5.82 Å². The number of nitrogens with one attached hydrogen (secondary N) is 1. The van der Waals surface area contributed by atoms with Crippen LogP contribution in [0.5, 0.6) is 0 Å². The quantitative estimate of drug-likeness (QED) is 0.772. The van der Waals surface area contributed by atoms with E-state index in [0.717, 1.165) is 29.2 Å². The van der Waals surface area contributed by atoms with Crippen molar-refractivity contribution in [3.05, 3.63) is 54.0 Å². The van der Waals surface area contributed by atoms with Gasteiger partial charge in [-0.15, -0.1) is 11.8 Å². The molecule has 0 amide bonds. The number of likely N-dealkylation sites (N-methyl/N-ethyl adjacent to an activating group) is 1. The minimum atomic E-state index is -0.203. The van der Waals surface area contributed by atoms with Crippen molar-refractivity contribution in [2.45, 2.75) is 24.3 Å². The van der Waals surface area contributed by atoms with E-state index in [4.69, 9.17) is 5.73 Å². The van der Waals surface area contributed by atoms with Crippen molar-refractivity contribution in [1.82, 2.24) is 10.3 Å². The van der Waals surface area contributed by atoms with Gasteiger partial charge in [-0.3, -0.25) is 0 Å². The number of nitrogen functional groups attached to an aromatic ring is 1. The Morgan fingerprint density at radius 3 is 2.71 bits per heavy atom. The van der Waals surface area contributed by atoms with Crippen molar-refractivity contribution in [2.24, 2.45) is 0 Å². The van der Waals surface area contributed by atoms with E-state index in [9.17, 15) is 4.39 Å². The number of hydrogen-bond donors (Lipinski definition) is 2. The van der Waals surface area contributed by atoms with Crippen molar-refractivity contribution in [3.63, 3.8) is 0 Å². The second kappa shape index (κ2) is 8.00. The molecular formula is C16H20FN3S. The fourth-order valence-corrected chi connectivity index (χ4v) is 3.05. The SMILES string of the molecule is CCNC(CSc1ccc(F)cc1)Cc1cccnc1N. The standard InChI is InChI=1S/C16H20FN3S/c1-2-19-14(10-12-4-3-9-20-16(12)18)11-21-15-7-5-13(17)6-8-15/h3-9,14,19H,2,10-11H2,1H3,(H2,18,20). The van der Waals surface area contributed by atoms with Crippen LogP contribution in [0.4, 0.5) is 10.2 Å². The molecule has 3 N–H and O–H groups in total. The van der Waals surface area contributed by atoms with Crippen LogP contribution in [0.3, 0.4) is 0 Å². The van der Waals surface area contributed by atoms with Gasteiger partial charge < -0.3 is 11.1 Å². The molecule has 0 saturated heterocycles. The Morgan fingerprint density at radius 1 is 1.29 bits per heavy atom. The number of nitrogens with two attached hydrogens (primary N) is 1. The van der Waals surface area contributed by atoms with Crippen LogP contribution in [0.2, 0.25) is 0 Å². The number of thioether (sulfide) groups is 1. The van der Waals surface area contributed by atoms with E-state index < -0.39 is 0 Å². The van der Waals surface area contributed by atoms with Crippen molar-refractivity contribution >= 4 is 17.6 Å². The Hall–Kier alpha value is -1.59. The van der Waals surface area contributed by atoms with Gasteiger partial charge in [0.25, 0.3) is 0 Å². The molecule has 0 fully saturated rings. The maximum atomic E-state index is 12.9. The van der Waals surface area contributed by atoms with Crippen LogP contribution >= 0.6 is 11.8 Å². The van der Waals surface area contributed by atoms with Gasteiger partial charge in [-0.25, -0.2) is 9.37 Å². The maximum Gasteiger partial charge on any atom is 0.126 e. The highest BCUT2D eigenvalue weighted by Crippen LogP contribution is 2.21. The lowest BCUT2D eigenvalue weighted by Gasteiger charge is -2.18. The molecule has 0 bridgehead atoms. The summed E-state index contributed by atoms with van der Waals surface area (Å²) in [7, 11) is 0. The molecule has 1 unspecified atom stereocenters. The summed E-state index contributed by atoms with van der Waals surface area (Å²) in [6.45, 7) is 2.98. The summed E-state index contributed by atoms with van der Waals surface area (Å²) in [5, 5.41) is 3.46. The van der Waals surface area contributed by atoms with E-state index in [0.29, 0.717) is 11.9 Å². The maximum absolute atomic E-state index is 12.9. The number of benzene rings is 1. The molecule has 1 aromatic carbocycles. The number of pyridine rings is 1. The van der Waals surface area contributed by atoms with Crippen LogP contribution < -0.4 is 11.1 Å². The highest BCUT2D eigenvalue weighted by atomic mass is 32.2. The molecule has 1 aromatic heterocycles. The Balaban J connectivity index is 1.95. The fraction of sp³-hybridized carbons (Fsp3) is 0.312. The summed E-state index contributed by atoms with van der Waals surface area (Å²) >= 11 is 1.71. The molecule has 0 aliphatic heterocycles. The van der Waals surface area contributed by atoms with Crippen LogP contribution in [-0.4, -0.2) is 23.3 Å².